The molecular weight excluding hydrogens is 462 g/mol. The van der Waals surface area contributed by atoms with Gasteiger partial charge in [-0.1, -0.05) is 18.2 Å². The third-order valence-electron chi connectivity index (χ3n) is 3.61. The molecule has 0 radical (unpaired) electrons. The smallest absolute Gasteiger partial charge is 0.276 e. The minimum absolute atomic E-state index is 0.114. The average Bonchev–Trinajstić information content (AvgIpc) is 2.68. The van der Waals surface area contributed by atoms with Crippen LogP contribution in [-0.2, 0) is 14.8 Å². The summed E-state index contributed by atoms with van der Waals surface area (Å²) < 4.78 is 36.1. The maximum atomic E-state index is 12.2. The monoisotopic (exact) mass is 483 g/mol. The van der Waals surface area contributed by atoms with Crippen molar-refractivity contribution in [3.63, 3.8) is 0 Å². The van der Waals surface area contributed by atoms with Crippen LogP contribution >= 0.6 is 15.9 Å². The van der Waals surface area contributed by atoms with Gasteiger partial charge in [-0.25, -0.2) is 4.83 Å². The number of rotatable bonds is 9. The molecule has 0 bridgehead atoms. The van der Waals surface area contributed by atoms with Gasteiger partial charge in [0.05, 0.1) is 22.2 Å². The van der Waals surface area contributed by atoms with Gasteiger partial charge in [-0.15, -0.1) is 0 Å². The van der Waals surface area contributed by atoms with Crippen molar-refractivity contribution in [1.29, 1.82) is 0 Å². The summed E-state index contributed by atoms with van der Waals surface area (Å²) in [5, 5.41) is 3.82. The highest BCUT2D eigenvalue weighted by molar-refractivity contribution is 9.10. The van der Waals surface area contributed by atoms with Crippen LogP contribution in [-0.4, -0.2) is 52.7 Å². The van der Waals surface area contributed by atoms with Gasteiger partial charge in [0, 0.05) is 14.1 Å². The molecule has 0 aliphatic carbocycles. The van der Waals surface area contributed by atoms with E-state index >= 15 is 0 Å². The van der Waals surface area contributed by atoms with Crippen molar-refractivity contribution in [2.45, 2.75) is 11.8 Å². The second-order valence-corrected chi connectivity index (χ2v) is 8.52. The number of carbonyl (C=O) groups is 1. The first-order valence-electron chi connectivity index (χ1n) is 8.63. The van der Waals surface area contributed by atoms with Crippen molar-refractivity contribution < 1.29 is 22.7 Å². The first kappa shape index (κ1) is 22.7. The first-order chi connectivity index (χ1) is 13.7. The molecule has 29 heavy (non-hydrogen) atoms. The fourth-order valence-electron chi connectivity index (χ4n) is 2.15. The number of nitrogens with zero attached hydrogens (tertiary/aromatic N) is 2. The van der Waals surface area contributed by atoms with Crippen LogP contribution in [0.2, 0.25) is 0 Å². The molecule has 0 aromatic heterocycles. The zero-order chi connectivity index (χ0) is 21.4. The number of hydrogen-bond acceptors (Lipinski definition) is 6. The minimum atomic E-state index is -3.75. The molecular formula is C19H22BrN3O5S. The number of ether oxygens (including phenoxy) is 2. The predicted molar refractivity (Wildman–Crippen MR) is 114 cm³/mol. The van der Waals surface area contributed by atoms with Gasteiger partial charge in [-0.3, -0.25) is 4.79 Å². The van der Waals surface area contributed by atoms with Crippen LogP contribution in [0.3, 0.4) is 0 Å². The lowest BCUT2D eigenvalue weighted by molar-refractivity contribution is -0.130. The van der Waals surface area contributed by atoms with Crippen LogP contribution in [0.25, 0.3) is 0 Å². The first-order valence-corrected chi connectivity index (χ1v) is 10.9. The average molecular weight is 484 g/mol. The number of sulfonamides is 1. The highest BCUT2D eigenvalue weighted by atomic mass is 79.9. The minimum Gasteiger partial charge on any atom is -0.490 e. The molecule has 0 atom stereocenters. The van der Waals surface area contributed by atoms with Crippen molar-refractivity contribution in [3.8, 4) is 11.5 Å². The molecule has 0 unspecified atom stereocenters. The van der Waals surface area contributed by atoms with Gasteiger partial charge in [-0.05, 0) is 52.7 Å². The molecule has 0 heterocycles. The SMILES string of the molecule is CCOc1cc(C=NNS(=O)(=O)c2ccccc2)cc(Br)c1OCC(=O)N(C)C. The van der Waals surface area contributed by atoms with Crippen LogP contribution in [0.5, 0.6) is 11.5 Å². The topological polar surface area (TPSA) is 97.3 Å². The van der Waals surface area contributed by atoms with E-state index in [4.69, 9.17) is 9.47 Å². The summed E-state index contributed by atoms with van der Waals surface area (Å²) in [4.78, 5) is 15.5. The Hall–Kier alpha value is -2.59. The number of halogens is 1. The van der Waals surface area contributed by atoms with E-state index in [-0.39, 0.29) is 17.4 Å². The van der Waals surface area contributed by atoms with Gasteiger partial charge in [0.25, 0.3) is 15.9 Å². The van der Waals surface area contributed by atoms with Crippen molar-refractivity contribution in [3.05, 3.63) is 52.5 Å². The fraction of sp³-hybridized carbons (Fsp3) is 0.263. The van der Waals surface area contributed by atoms with Crippen LogP contribution in [0.1, 0.15) is 12.5 Å². The number of hydrazone groups is 1. The van der Waals surface area contributed by atoms with Gasteiger partial charge in [-0.2, -0.15) is 13.5 Å². The van der Waals surface area contributed by atoms with Crippen LogP contribution < -0.4 is 14.3 Å². The number of nitrogens with one attached hydrogen (secondary N) is 1. The third kappa shape index (κ3) is 6.47. The van der Waals surface area contributed by atoms with E-state index in [0.717, 1.165) is 0 Å². The van der Waals surface area contributed by atoms with Crippen LogP contribution in [0, 0.1) is 0 Å². The van der Waals surface area contributed by atoms with Crippen LogP contribution in [0.15, 0.2) is 56.9 Å². The van der Waals surface area contributed by atoms with Crippen molar-refractivity contribution >= 4 is 38.1 Å². The lowest BCUT2D eigenvalue weighted by atomic mass is 10.2. The Morgan fingerprint density at radius 2 is 1.90 bits per heavy atom. The van der Waals surface area contributed by atoms with Crippen molar-refractivity contribution in [1.82, 2.24) is 9.73 Å². The van der Waals surface area contributed by atoms with E-state index in [1.165, 1.54) is 23.2 Å². The molecule has 0 fully saturated rings. The second kappa shape index (κ2) is 10.3. The number of benzene rings is 2. The van der Waals surface area contributed by atoms with Crippen molar-refractivity contribution in [2.24, 2.45) is 5.10 Å². The molecule has 156 valence electrons. The van der Waals surface area contributed by atoms with E-state index in [2.05, 4.69) is 25.9 Å². The Kier molecular flexibility index (Phi) is 8.03. The Morgan fingerprint density at radius 1 is 1.21 bits per heavy atom. The molecule has 2 aromatic carbocycles. The third-order valence-corrected chi connectivity index (χ3v) is 5.44. The molecule has 1 N–H and O–H groups in total. The van der Waals surface area contributed by atoms with Gasteiger partial charge in [0.1, 0.15) is 0 Å². The summed E-state index contributed by atoms with van der Waals surface area (Å²) in [6.07, 6.45) is 1.35. The van der Waals surface area contributed by atoms with Gasteiger partial charge in [0.15, 0.2) is 18.1 Å². The van der Waals surface area contributed by atoms with E-state index in [1.54, 1.807) is 44.4 Å². The largest absolute Gasteiger partial charge is 0.490 e. The molecule has 2 aromatic rings. The summed E-state index contributed by atoms with van der Waals surface area (Å²) in [5.74, 6) is 0.588. The maximum absolute atomic E-state index is 12.2. The second-order valence-electron chi connectivity index (χ2n) is 6.01. The molecule has 0 saturated heterocycles. The van der Waals surface area contributed by atoms with E-state index < -0.39 is 10.0 Å². The Balaban J connectivity index is 2.19. The summed E-state index contributed by atoms with van der Waals surface area (Å²) in [6.45, 7) is 2.05. The maximum Gasteiger partial charge on any atom is 0.276 e. The summed E-state index contributed by atoms with van der Waals surface area (Å²) >= 11 is 3.39. The Labute approximate surface area is 178 Å². The van der Waals surface area contributed by atoms with Gasteiger partial charge >= 0.3 is 0 Å². The van der Waals surface area contributed by atoms with E-state index in [0.29, 0.717) is 28.1 Å². The Bertz CT molecular complexity index is 979. The molecule has 2 rings (SSSR count). The van der Waals surface area contributed by atoms with Crippen LogP contribution in [0.4, 0.5) is 0 Å². The lowest BCUT2D eigenvalue weighted by Gasteiger charge is -2.16. The molecule has 1 amide bonds. The molecule has 0 spiro atoms. The number of amides is 1. The summed E-state index contributed by atoms with van der Waals surface area (Å²) in [6, 6.07) is 11.3. The van der Waals surface area contributed by atoms with E-state index in [9.17, 15) is 13.2 Å². The number of likely N-dealkylation sites (N-methyl/N-ethyl adjacent to an activating group) is 1. The highest BCUT2D eigenvalue weighted by Crippen LogP contribution is 2.36. The van der Waals surface area contributed by atoms with E-state index in [1.807, 2.05) is 6.92 Å². The standard InChI is InChI=1S/C19H22BrN3O5S/c1-4-27-17-11-14(10-16(20)19(17)28-13-18(24)23(2)3)12-21-22-29(25,26)15-8-6-5-7-9-15/h5-12,22H,4,13H2,1-3H3. The predicted octanol–water partition coefficient (Wildman–Crippen LogP) is 2.63. The van der Waals surface area contributed by atoms with Gasteiger partial charge in [0.2, 0.25) is 0 Å². The zero-order valence-electron chi connectivity index (χ0n) is 16.3. The highest BCUT2D eigenvalue weighted by Gasteiger charge is 2.15. The number of hydrogen-bond donors (Lipinski definition) is 1. The molecule has 0 saturated carbocycles. The number of carbonyl (C=O) groups excluding carboxylic acids is 1. The molecule has 10 heteroatoms. The zero-order valence-corrected chi connectivity index (χ0v) is 18.7. The fourth-order valence-corrected chi connectivity index (χ4v) is 3.54. The van der Waals surface area contributed by atoms with Gasteiger partial charge < -0.3 is 14.4 Å². The summed E-state index contributed by atoms with van der Waals surface area (Å²) in [5.41, 5.74) is 0.572. The Morgan fingerprint density at radius 3 is 2.52 bits per heavy atom. The molecule has 0 aliphatic heterocycles. The van der Waals surface area contributed by atoms with Crippen molar-refractivity contribution in [2.75, 3.05) is 27.3 Å². The molecule has 8 nitrogen and oxygen atoms in total. The lowest BCUT2D eigenvalue weighted by Crippen LogP contribution is -2.27. The quantitative estimate of drug-likeness (QED) is 0.436. The molecule has 0 aliphatic rings. The normalized spacial score (nSPS) is 11.3. The summed E-state index contributed by atoms with van der Waals surface area (Å²) in [7, 11) is -0.475.